The van der Waals surface area contributed by atoms with Crippen LogP contribution in [0, 0.1) is 0 Å². The zero-order valence-electron chi connectivity index (χ0n) is 11.1. The number of aliphatic hydroxyl groups excluding tert-OH is 1. The second-order valence-electron chi connectivity index (χ2n) is 4.64. The molecule has 0 saturated heterocycles. The Kier molecular flexibility index (Phi) is 3.67. The standard InChI is InChI=1S/C16H15NO2S/c1-11(18)14-7-6-12-4-2-3-5-15(12)16(14)19-9-13-8-17-10-20-13/h2-8,10-11,18H,9H2,1H3. The second-order valence-corrected chi connectivity index (χ2v) is 5.61. The van der Waals surface area contributed by atoms with Crippen LogP contribution >= 0.6 is 11.3 Å². The molecule has 20 heavy (non-hydrogen) atoms. The van der Waals surface area contributed by atoms with Gasteiger partial charge in [-0.05, 0) is 12.3 Å². The monoisotopic (exact) mass is 285 g/mol. The van der Waals surface area contributed by atoms with Crippen LogP contribution in [0.2, 0.25) is 0 Å². The van der Waals surface area contributed by atoms with E-state index in [1.807, 2.05) is 36.4 Å². The largest absolute Gasteiger partial charge is 0.487 e. The molecule has 0 spiro atoms. The molecule has 1 unspecified atom stereocenters. The van der Waals surface area contributed by atoms with Gasteiger partial charge in [-0.3, -0.25) is 4.98 Å². The van der Waals surface area contributed by atoms with Crippen molar-refractivity contribution in [3.8, 4) is 5.75 Å². The van der Waals surface area contributed by atoms with Crippen molar-refractivity contribution in [3.63, 3.8) is 0 Å². The molecule has 3 nitrogen and oxygen atoms in total. The smallest absolute Gasteiger partial charge is 0.133 e. The lowest BCUT2D eigenvalue weighted by Gasteiger charge is -2.15. The van der Waals surface area contributed by atoms with Gasteiger partial charge in [0, 0.05) is 17.1 Å². The first-order valence-corrected chi connectivity index (χ1v) is 7.33. The molecule has 0 aliphatic carbocycles. The van der Waals surface area contributed by atoms with Crippen LogP contribution in [0.5, 0.6) is 5.75 Å². The zero-order chi connectivity index (χ0) is 13.9. The van der Waals surface area contributed by atoms with Crippen LogP contribution in [0.3, 0.4) is 0 Å². The van der Waals surface area contributed by atoms with Crippen molar-refractivity contribution in [2.45, 2.75) is 19.6 Å². The summed E-state index contributed by atoms with van der Waals surface area (Å²) < 4.78 is 5.97. The van der Waals surface area contributed by atoms with Crippen LogP contribution in [0.1, 0.15) is 23.5 Å². The third kappa shape index (κ3) is 2.53. The Bertz CT molecular complexity index is 708. The molecule has 1 heterocycles. The highest BCUT2D eigenvalue weighted by atomic mass is 32.1. The molecule has 0 amide bonds. The maximum atomic E-state index is 9.93. The zero-order valence-corrected chi connectivity index (χ0v) is 11.9. The number of thiazole rings is 1. The summed E-state index contributed by atoms with van der Waals surface area (Å²) in [6, 6.07) is 12.0. The van der Waals surface area contributed by atoms with Crippen LogP contribution in [0.4, 0.5) is 0 Å². The predicted molar refractivity (Wildman–Crippen MR) is 81.0 cm³/mol. The Hall–Kier alpha value is -1.91. The van der Waals surface area contributed by atoms with Gasteiger partial charge in [0.2, 0.25) is 0 Å². The first kappa shape index (κ1) is 13.1. The summed E-state index contributed by atoms with van der Waals surface area (Å²) >= 11 is 1.56. The molecule has 4 heteroatoms. The van der Waals surface area contributed by atoms with Gasteiger partial charge in [-0.1, -0.05) is 36.4 Å². The molecule has 3 rings (SSSR count). The molecule has 0 saturated carbocycles. The second kappa shape index (κ2) is 5.61. The van der Waals surface area contributed by atoms with Crippen molar-refractivity contribution in [2.24, 2.45) is 0 Å². The maximum Gasteiger partial charge on any atom is 0.133 e. The van der Waals surface area contributed by atoms with Gasteiger partial charge < -0.3 is 9.84 Å². The first-order chi connectivity index (χ1) is 9.75. The van der Waals surface area contributed by atoms with E-state index in [0.29, 0.717) is 6.61 Å². The lowest BCUT2D eigenvalue weighted by atomic mass is 10.0. The van der Waals surface area contributed by atoms with Crippen molar-refractivity contribution >= 4 is 22.1 Å². The Balaban J connectivity index is 2.03. The quantitative estimate of drug-likeness (QED) is 0.789. The fourth-order valence-corrected chi connectivity index (χ4v) is 2.71. The summed E-state index contributed by atoms with van der Waals surface area (Å²) in [5.74, 6) is 0.756. The molecule has 1 N–H and O–H groups in total. The SMILES string of the molecule is CC(O)c1ccc2ccccc2c1OCc1cncs1. The van der Waals surface area contributed by atoms with Gasteiger partial charge in [0.05, 0.1) is 16.5 Å². The molecular weight excluding hydrogens is 270 g/mol. The molecule has 2 aromatic carbocycles. The average Bonchev–Trinajstić information content (AvgIpc) is 2.97. The Morgan fingerprint density at radius 1 is 1.25 bits per heavy atom. The molecular formula is C16H15NO2S. The van der Waals surface area contributed by atoms with Crippen LogP contribution in [0.25, 0.3) is 10.8 Å². The third-order valence-electron chi connectivity index (χ3n) is 3.20. The van der Waals surface area contributed by atoms with Gasteiger partial charge in [-0.2, -0.15) is 0 Å². The predicted octanol–water partition coefficient (Wildman–Crippen LogP) is 3.93. The average molecular weight is 285 g/mol. The van der Waals surface area contributed by atoms with Gasteiger partial charge in [0.15, 0.2) is 0 Å². The van der Waals surface area contributed by atoms with Crippen LogP contribution < -0.4 is 4.74 Å². The Morgan fingerprint density at radius 3 is 2.85 bits per heavy atom. The highest BCUT2D eigenvalue weighted by molar-refractivity contribution is 7.09. The summed E-state index contributed by atoms with van der Waals surface area (Å²) in [5.41, 5.74) is 2.60. The number of benzene rings is 2. The van der Waals surface area contributed by atoms with Crippen molar-refractivity contribution < 1.29 is 9.84 Å². The minimum absolute atomic E-state index is 0.471. The molecule has 0 radical (unpaired) electrons. The topological polar surface area (TPSA) is 42.4 Å². The molecule has 1 atom stereocenters. The fraction of sp³-hybridized carbons (Fsp3) is 0.188. The first-order valence-electron chi connectivity index (χ1n) is 6.45. The summed E-state index contributed by atoms with van der Waals surface area (Å²) in [6.07, 6.45) is 1.24. The lowest BCUT2D eigenvalue weighted by Crippen LogP contribution is -2.01. The van der Waals surface area contributed by atoms with Gasteiger partial charge >= 0.3 is 0 Å². The summed E-state index contributed by atoms with van der Waals surface area (Å²) in [5, 5.41) is 12.1. The molecule has 0 aliphatic heterocycles. The number of nitrogens with zero attached hydrogens (tertiary/aromatic N) is 1. The van der Waals surface area contributed by atoms with E-state index >= 15 is 0 Å². The minimum atomic E-state index is -0.559. The molecule has 0 bridgehead atoms. The van der Waals surface area contributed by atoms with Crippen LogP contribution in [-0.4, -0.2) is 10.1 Å². The van der Waals surface area contributed by atoms with E-state index in [9.17, 15) is 5.11 Å². The van der Waals surface area contributed by atoms with E-state index in [4.69, 9.17) is 4.74 Å². The van der Waals surface area contributed by atoms with Crippen LogP contribution in [-0.2, 0) is 6.61 Å². The van der Waals surface area contributed by atoms with Gasteiger partial charge in [-0.25, -0.2) is 0 Å². The van der Waals surface area contributed by atoms with E-state index in [1.54, 1.807) is 30.0 Å². The number of aromatic nitrogens is 1. The van der Waals surface area contributed by atoms with E-state index in [1.165, 1.54) is 0 Å². The highest BCUT2D eigenvalue weighted by Gasteiger charge is 2.13. The van der Waals surface area contributed by atoms with Gasteiger partial charge in [-0.15, -0.1) is 11.3 Å². The normalized spacial score (nSPS) is 12.5. The maximum absolute atomic E-state index is 9.93. The minimum Gasteiger partial charge on any atom is -0.487 e. The number of aliphatic hydroxyl groups is 1. The molecule has 1 aromatic heterocycles. The lowest BCUT2D eigenvalue weighted by molar-refractivity contribution is 0.191. The molecule has 3 aromatic rings. The summed E-state index contributed by atoms with van der Waals surface area (Å²) in [7, 11) is 0. The summed E-state index contributed by atoms with van der Waals surface area (Å²) in [4.78, 5) is 5.11. The number of rotatable bonds is 4. The number of hydrogen-bond donors (Lipinski definition) is 1. The summed E-state index contributed by atoms with van der Waals surface area (Å²) in [6.45, 7) is 2.22. The van der Waals surface area contributed by atoms with Crippen molar-refractivity contribution in [2.75, 3.05) is 0 Å². The van der Waals surface area contributed by atoms with E-state index in [0.717, 1.165) is 27.0 Å². The highest BCUT2D eigenvalue weighted by Crippen LogP contribution is 2.34. The number of hydrogen-bond acceptors (Lipinski definition) is 4. The molecule has 0 fully saturated rings. The fourth-order valence-electron chi connectivity index (χ4n) is 2.21. The Morgan fingerprint density at radius 2 is 2.10 bits per heavy atom. The van der Waals surface area contributed by atoms with Gasteiger partial charge in [0.1, 0.15) is 12.4 Å². The van der Waals surface area contributed by atoms with E-state index < -0.39 is 6.10 Å². The van der Waals surface area contributed by atoms with E-state index in [-0.39, 0.29) is 0 Å². The van der Waals surface area contributed by atoms with E-state index in [2.05, 4.69) is 4.98 Å². The molecule has 102 valence electrons. The number of fused-ring (bicyclic) bond motifs is 1. The van der Waals surface area contributed by atoms with Gasteiger partial charge in [0.25, 0.3) is 0 Å². The van der Waals surface area contributed by atoms with Crippen molar-refractivity contribution in [1.29, 1.82) is 0 Å². The third-order valence-corrected chi connectivity index (χ3v) is 3.96. The van der Waals surface area contributed by atoms with Crippen molar-refractivity contribution in [3.05, 3.63) is 58.5 Å². The van der Waals surface area contributed by atoms with Crippen LogP contribution in [0.15, 0.2) is 48.1 Å². The Labute approximate surface area is 121 Å². The van der Waals surface area contributed by atoms with Crippen molar-refractivity contribution in [1.82, 2.24) is 4.98 Å². The molecule has 0 aliphatic rings. The number of ether oxygens (including phenoxy) is 1.